The van der Waals surface area contributed by atoms with Crippen LogP contribution in [0.25, 0.3) is 10.9 Å². The Morgan fingerprint density at radius 1 is 1.04 bits per heavy atom. The van der Waals surface area contributed by atoms with E-state index in [1.165, 1.54) is 25.7 Å². The molecule has 0 aliphatic rings. The summed E-state index contributed by atoms with van der Waals surface area (Å²) in [6, 6.07) is 6.06. The molecular weight excluding hydrogens is 284 g/mol. The number of aromatic nitrogens is 1. The maximum Gasteiger partial charge on any atom is 0.194 e. The predicted molar refractivity (Wildman–Crippen MR) is 99.1 cm³/mol. The zero-order valence-electron chi connectivity index (χ0n) is 15.0. The fraction of sp³-hybridized carbons (Fsp3) is 0.550. The van der Waals surface area contributed by atoms with E-state index >= 15 is 0 Å². The number of nitrogens with one attached hydrogen (secondary N) is 1. The van der Waals surface area contributed by atoms with Gasteiger partial charge in [0.25, 0.3) is 0 Å². The summed E-state index contributed by atoms with van der Waals surface area (Å²) in [6.07, 6.45) is 4.75. The van der Waals surface area contributed by atoms with Crippen LogP contribution < -0.4 is 5.43 Å². The average Bonchev–Trinajstić information content (AvgIpc) is 2.54. The van der Waals surface area contributed by atoms with Crippen molar-refractivity contribution >= 4 is 10.9 Å². The lowest BCUT2D eigenvalue weighted by molar-refractivity contribution is 0.256. The smallest absolute Gasteiger partial charge is 0.194 e. The third-order valence-corrected chi connectivity index (χ3v) is 4.51. The largest absolute Gasteiger partial charge is 0.358 e. The molecule has 0 saturated heterocycles. The Hall–Kier alpha value is -1.61. The van der Waals surface area contributed by atoms with Crippen LogP contribution in [-0.4, -0.2) is 23.0 Å². The summed E-state index contributed by atoms with van der Waals surface area (Å²) >= 11 is 0. The minimum absolute atomic E-state index is 0.193. The fourth-order valence-electron chi connectivity index (χ4n) is 3.01. The Morgan fingerprint density at radius 3 is 2.30 bits per heavy atom. The highest BCUT2D eigenvalue weighted by Gasteiger charge is 2.13. The van der Waals surface area contributed by atoms with Crippen LogP contribution in [0.3, 0.4) is 0 Å². The zero-order valence-corrected chi connectivity index (χ0v) is 15.0. The van der Waals surface area contributed by atoms with E-state index in [1.807, 2.05) is 32.0 Å². The van der Waals surface area contributed by atoms with Gasteiger partial charge in [-0.1, -0.05) is 38.3 Å². The van der Waals surface area contributed by atoms with Gasteiger partial charge in [-0.2, -0.15) is 0 Å². The molecule has 0 aliphatic carbocycles. The van der Waals surface area contributed by atoms with Gasteiger partial charge in [-0.25, -0.2) is 0 Å². The molecule has 2 rings (SSSR count). The summed E-state index contributed by atoms with van der Waals surface area (Å²) in [5.41, 5.74) is 4.19. The molecule has 0 fully saturated rings. The Morgan fingerprint density at radius 2 is 1.70 bits per heavy atom. The molecule has 2 aromatic rings. The van der Waals surface area contributed by atoms with Gasteiger partial charge in [0.15, 0.2) is 5.43 Å². The summed E-state index contributed by atoms with van der Waals surface area (Å²) in [6.45, 7) is 11.4. The first-order chi connectivity index (χ1) is 11.1. The molecule has 0 saturated carbocycles. The highest BCUT2D eigenvalue weighted by atomic mass is 16.1. The zero-order chi connectivity index (χ0) is 16.8. The molecule has 1 heterocycles. The third-order valence-electron chi connectivity index (χ3n) is 4.51. The number of hydrogen-bond acceptors (Lipinski definition) is 2. The second kappa shape index (κ2) is 8.30. The molecular formula is C20H30N2O. The maximum absolute atomic E-state index is 12.9. The van der Waals surface area contributed by atoms with Crippen LogP contribution in [0, 0.1) is 13.8 Å². The molecule has 0 bridgehead atoms. The number of aromatic amines is 1. The molecule has 0 amide bonds. The normalized spacial score (nSPS) is 11.5. The number of rotatable bonds is 8. The Bertz CT molecular complexity index is 695. The van der Waals surface area contributed by atoms with Crippen LogP contribution in [0.4, 0.5) is 0 Å². The summed E-state index contributed by atoms with van der Waals surface area (Å²) in [4.78, 5) is 18.8. The Kier molecular flexibility index (Phi) is 6.40. The second-order valence-corrected chi connectivity index (χ2v) is 6.59. The third kappa shape index (κ3) is 4.44. The topological polar surface area (TPSA) is 36.1 Å². The molecule has 23 heavy (non-hydrogen) atoms. The lowest BCUT2D eigenvalue weighted by atomic mass is 10.1. The van der Waals surface area contributed by atoms with Gasteiger partial charge < -0.3 is 4.98 Å². The molecule has 0 spiro atoms. The number of benzene rings is 1. The van der Waals surface area contributed by atoms with Crippen molar-refractivity contribution in [2.45, 2.75) is 59.9 Å². The van der Waals surface area contributed by atoms with Crippen molar-refractivity contribution in [1.82, 2.24) is 9.88 Å². The van der Waals surface area contributed by atoms with Gasteiger partial charge in [-0.3, -0.25) is 9.69 Å². The predicted octanol–water partition coefficient (Wildman–Crippen LogP) is 4.55. The van der Waals surface area contributed by atoms with Crippen molar-refractivity contribution in [3.63, 3.8) is 0 Å². The van der Waals surface area contributed by atoms with E-state index < -0.39 is 0 Å². The molecule has 126 valence electrons. The van der Waals surface area contributed by atoms with E-state index in [0.717, 1.165) is 47.4 Å². The Balaban J connectivity index is 2.34. The van der Waals surface area contributed by atoms with Gasteiger partial charge in [0.1, 0.15) is 0 Å². The molecule has 3 nitrogen and oxygen atoms in total. The summed E-state index contributed by atoms with van der Waals surface area (Å²) in [5, 5.41) is 0.816. The first kappa shape index (κ1) is 17.7. The van der Waals surface area contributed by atoms with Crippen LogP contribution >= 0.6 is 0 Å². The SMILES string of the molecule is CCCCN(CCCC)Cc1c(C)[nH]c2ccc(C)cc2c1=O. The molecule has 1 aromatic heterocycles. The highest BCUT2D eigenvalue weighted by molar-refractivity contribution is 5.80. The number of unbranched alkanes of at least 4 members (excludes halogenated alkanes) is 2. The van der Waals surface area contributed by atoms with Crippen LogP contribution in [0.1, 0.15) is 56.4 Å². The first-order valence-corrected chi connectivity index (χ1v) is 8.91. The van der Waals surface area contributed by atoms with E-state index in [1.54, 1.807) is 0 Å². The maximum atomic E-state index is 12.9. The van der Waals surface area contributed by atoms with Crippen molar-refractivity contribution in [3.05, 3.63) is 45.2 Å². The van der Waals surface area contributed by atoms with Gasteiger partial charge in [0, 0.05) is 28.7 Å². The van der Waals surface area contributed by atoms with Gasteiger partial charge in [0.2, 0.25) is 0 Å². The Labute approximate surface area is 139 Å². The van der Waals surface area contributed by atoms with Gasteiger partial charge in [-0.15, -0.1) is 0 Å². The molecule has 0 aliphatic heterocycles. The molecule has 0 atom stereocenters. The molecule has 1 aromatic carbocycles. The minimum atomic E-state index is 0.193. The number of hydrogen-bond donors (Lipinski definition) is 1. The first-order valence-electron chi connectivity index (χ1n) is 8.91. The van der Waals surface area contributed by atoms with Crippen LogP contribution in [0.5, 0.6) is 0 Å². The van der Waals surface area contributed by atoms with Gasteiger partial charge in [0.05, 0.1) is 0 Å². The number of pyridine rings is 1. The standard InChI is InChI=1S/C20H30N2O/c1-5-7-11-22(12-8-6-2)14-18-16(4)21-19-10-9-15(3)13-17(19)20(18)23/h9-10,13H,5-8,11-12,14H2,1-4H3,(H,21,23). The second-order valence-electron chi connectivity index (χ2n) is 6.59. The lowest BCUT2D eigenvalue weighted by Crippen LogP contribution is -2.29. The van der Waals surface area contributed by atoms with Crippen LogP contribution in [0.2, 0.25) is 0 Å². The number of fused-ring (bicyclic) bond motifs is 1. The summed E-state index contributed by atoms with van der Waals surface area (Å²) in [5.74, 6) is 0. The highest BCUT2D eigenvalue weighted by Crippen LogP contribution is 2.15. The van der Waals surface area contributed by atoms with Crippen molar-refractivity contribution < 1.29 is 0 Å². The summed E-state index contributed by atoms with van der Waals surface area (Å²) < 4.78 is 0. The van der Waals surface area contributed by atoms with E-state index in [9.17, 15) is 4.79 Å². The van der Waals surface area contributed by atoms with Crippen LogP contribution in [-0.2, 0) is 6.54 Å². The minimum Gasteiger partial charge on any atom is -0.358 e. The number of H-pyrrole nitrogens is 1. The lowest BCUT2D eigenvalue weighted by Gasteiger charge is -2.22. The van der Waals surface area contributed by atoms with E-state index in [2.05, 4.69) is 23.7 Å². The van der Waals surface area contributed by atoms with Crippen molar-refractivity contribution in [1.29, 1.82) is 0 Å². The van der Waals surface area contributed by atoms with Crippen molar-refractivity contribution in [3.8, 4) is 0 Å². The average molecular weight is 314 g/mol. The molecule has 0 radical (unpaired) electrons. The van der Waals surface area contributed by atoms with Crippen molar-refractivity contribution in [2.75, 3.05) is 13.1 Å². The fourth-order valence-corrected chi connectivity index (χ4v) is 3.01. The van der Waals surface area contributed by atoms with Crippen molar-refractivity contribution in [2.24, 2.45) is 0 Å². The van der Waals surface area contributed by atoms with E-state index in [4.69, 9.17) is 0 Å². The monoisotopic (exact) mass is 314 g/mol. The van der Waals surface area contributed by atoms with E-state index in [-0.39, 0.29) is 5.43 Å². The molecule has 0 unspecified atom stereocenters. The number of aryl methyl sites for hydroxylation is 2. The number of nitrogens with zero attached hydrogens (tertiary/aromatic N) is 1. The van der Waals surface area contributed by atoms with Gasteiger partial charge >= 0.3 is 0 Å². The quantitative estimate of drug-likeness (QED) is 0.776. The summed E-state index contributed by atoms with van der Waals surface area (Å²) in [7, 11) is 0. The molecule has 1 N–H and O–H groups in total. The van der Waals surface area contributed by atoms with Gasteiger partial charge in [-0.05, 0) is 51.9 Å². The van der Waals surface area contributed by atoms with Crippen LogP contribution in [0.15, 0.2) is 23.0 Å². The molecule has 3 heteroatoms. The van der Waals surface area contributed by atoms with E-state index in [0.29, 0.717) is 0 Å².